The summed E-state index contributed by atoms with van der Waals surface area (Å²) in [6, 6.07) is 5.78. The molecule has 2 rings (SSSR count). The molecule has 0 aliphatic carbocycles. The number of likely N-dealkylation sites (tertiary alicyclic amines) is 1. The minimum absolute atomic E-state index is 0.541. The van der Waals surface area contributed by atoms with Crippen LogP contribution in [0.2, 0.25) is 5.02 Å². The molecular formula is C11H12BrClFN. The fourth-order valence-corrected chi connectivity index (χ4v) is 2.42. The van der Waals surface area contributed by atoms with Crippen molar-refractivity contribution in [3.05, 3.63) is 33.3 Å². The largest absolute Gasteiger partial charge is 0.296 e. The van der Waals surface area contributed by atoms with Crippen LogP contribution < -0.4 is 0 Å². The molecule has 1 heterocycles. The molecule has 1 nitrogen and oxygen atoms in total. The van der Waals surface area contributed by atoms with Crippen LogP contribution in [0.1, 0.15) is 12.0 Å². The molecule has 15 heavy (non-hydrogen) atoms. The number of nitrogens with zero attached hydrogens (tertiary/aromatic N) is 1. The highest BCUT2D eigenvalue weighted by Gasteiger charge is 2.22. The van der Waals surface area contributed by atoms with E-state index in [0.29, 0.717) is 18.0 Å². The van der Waals surface area contributed by atoms with E-state index < -0.39 is 6.17 Å². The molecular weight excluding hydrogens is 280 g/mol. The number of alkyl halides is 1. The number of benzene rings is 1. The summed E-state index contributed by atoms with van der Waals surface area (Å²) in [5.41, 5.74) is 1.12. The van der Waals surface area contributed by atoms with Crippen molar-refractivity contribution in [1.82, 2.24) is 4.90 Å². The first-order valence-electron chi connectivity index (χ1n) is 4.96. The van der Waals surface area contributed by atoms with E-state index in [1.165, 1.54) is 0 Å². The first-order valence-corrected chi connectivity index (χ1v) is 6.13. The first-order chi connectivity index (χ1) is 7.16. The molecule has 82 valence electrons. The molecule has 1 unspecified atom stereocenters. The van der Waals surface area contributed by atoms with Gasteiger partial charge >= 0.3 is 0 Å². The molecule has 0 N–H and O–H groups in total. The van der Waals surface area contributed by atoms with E-state index in [2.05, 4.69) is 20.8 Å². The number of halogens is 3. The Balaban J connectivity index is 2.07. The fourth-order valence-electron chi connectivity index (χ4n) is 1.84. The van der Waals surface area contributed by atoms with Gasteiger partial charge in [0, 0.05) is 24.1 Å². The molecule has 0 amide bonds. The van der Waals surface area contributed by atoms with Crippen LogP contribution in [0.5, 0.6) is 0 Å². The lowest BCUT2D eigenvalue weighted by molar-refractivity contribution is 0.282. The topological polar surface area (TPSA) is 3.24 Å². The molecule has 1 aliphatic rings. The van der Waals surface area contributed by atoms with Crippen LogP contribution in [0.4, 0.5) is 4.39 Å². The molecule has 1 aliphatic heterocycles. The molecule has 1 atom stereocenters. The fraction of sp³-hybridized carbons (Fsp3) is 0.455. The van der Waals surface area contributed by atoms with Gasteiger partial charge in [-0.1, -0.05) is 23.7 Å². The van der Waals surface area contributed by atoms with Crippen molar-refractivity contribution in [2.45, 2.75) is 19.1 Å². The van der Waals surface area contributed by atoms with Crippen molar-refractivity contribution in [2.24, 2.45) is 0 Å². The van der Waals surface area contributed by atoms with Gasteiger partial charge in [-0.2, -0.15) is 0 Å². The zero-order valence-electron chi connectivity index (χ0n) is 8.22. The standard InChI is InChI=1S/C11H12BrClFN/c12-11-8(2-1-3-10(11)13)6-15-5-4-9(14)7-15/h1-3,9H,4-7H2. The van der Waals surface area contributed by atoms with Gasteiger partial charge in [-0.15, -0.1) is 0 Å². The van der Waals surface area contributed by atoms with Crippen molar-refractivity contribution >= 4 is 27.5 Å². The normalized spacial score (nSPS) is 22.2. The Bertz CT molecular complexity index is 358. The minimum atomic E-state index is -0.664. The number of hydrogen-bond donors (Lipinski definition) is 0. The Morgan fingerprint density at radius 1 is 1.53 bits per heavy atom. The van der Waals surface area contributed by atoms with E-state index >= 15 is 0 Å². The number of hydrogen-bond acceptors (Lipinski definition) is 1. The van der Waals surface area contributed by atoms with Crippen molar-refractivity contribution in [3.8, 4) is 0 Å². The summed E-state index contributed by atoms with van der Waals surface area (Å²) in [6.45, 7) is 2.14. The van der Waals surface area contributed by atoms with Gasteiger partial charge in [-0.05, 0) is 34.0 Å². The zero-order chi connectivity index (χ0) is 10.8. The molecule has 0 saturated carbocycles. The second-order valence-corrected chi connectivity index (χ2v) is 5.03. The Hall–Kier alpha value is -0.120. The quantitative estimate of drug-likeness (QED) is 0.804. The van der Waals surface area contributed by atoms with Gasteiger partial charge in [0.15, 0.2) is 0 Å². The molecule has 4 heteroatoms. The molecule has 0 aromatic heterocycles. The Morgan fingerprint density at radius 2 is 2.33 bits per heavy atom. The smallest absolute Gasteiger partial charge is 0.114 e. The minimum Gasteiger partial charge on any atom is -0.296 e. The van der Waals surface area contributed by atoms with Crippen LogP contribution in [0.15, 0.2) is 22.7 Å². The third kappa shape index (κ3) is 2.71. The van der Waals surface area contributed by atoms with E-state index in [0.717, 1.165) is 23.1 Å². The lowest BCUT2D eigenvalue weighted by Gasteiger charge is -2.15. The summed E-state index contributed by atoms with van der Waals surface area (Å²) in [5.74, 6) is 0. The lowest BCUT2D eigenvalue weighted by atomic mass is 10.2. The van der Waals surface area contributed by atoms with E-state index in [1.807, 2.05) is 18.2 Å². The maximum absolute atomic E-state index is 13.0. The summed E-state index contributed by atoms with van der Waals surface area (Å²) in [6.07, 6.45) is -0.0129. The van der Waals surface area contributed by atoms with Crippen LogP contribution in [0.25, 0.3) is 0 Å². The van der Waals surface area contributed by atoms with Gasteiger partial charge in [0.05, 0.1) is 5.02 Å². The molecule has 1 saturated heterocycles. The van der Waals surface area contributed by atoms with Crippen LogP contribution in [-0.4, -0.2) is 24.2 Å². The average Bonchev–Trinajstić information content (AvgIpc) is 2.59. The SMILES string of the molecule is FC1CCN(Cc2cccc(Cl)c2Br)C1. The third-order valence-electron chi connectivity index (χ3n) is 2.64. The predicted octanol–water partition coefficient (Wildman–Crippen LogP) is 3.65. The van der Waals surface area contributed by atoms with E-state index in [9.17, 15) is 4.39 Å². The third-order valence-corrected chi connectivity index (χ3v) is 4.12. The summed E-state index contributed by atoms with van der Waals surface area (Å²) >= 11 is 9.44. The van der Waals surface area contributed by atoms with Crippen LogP contribution in [0, 0.1) is 0 Å². The number of rotatable bonds is 2. The van der Waals surface area contributed by atoms with E-state index in [1.54, 1.807) is 0 Å². The highest BCUT2D eigenvalue weighted by molar-refractivity contribution is 9.10. The maximum atomic E-state index is 13.0. The molecule has 0 spiro atoms. The Labute approximate surface area is 102 Å². The van der Waals surface area contributed by atoms with Crippen LogP contribution in [0.3, 0.4) is 0 Å². The van der Waals surface area contributed by atoms with Gasteiger partial charge in [0.1, 0.15) is 6.17 Å². The molecule has 1 aromatic rings. The van der Waals surface area contributed by atoms with Gasteiger partial charge in [-0.25, -0.2) is 4.39 Å². The highest BCUT2D eigenvalue weighted by atomic mass is 79.9. The Morgan fingerprint density at radius 3 is 3.00 bits per heavy atom. The first kappa shape index (κ1) is 11.4. The zero-order valence-corrected chi connectivity index (χ0v) is 10.6. The monoisotopic (exact) mass is 291 g/mol. The van der Waals surface area contributed by atoms with Gasteiger partial charge in [0.2, 0.25) is 0 Å². The summed E-state index contributed by atoms with van der Waals surface area (Å²) < 4.78 is 13.9. The summed E-state index contributed by atoms with van der Waals surface area (Å²) in [5, 5.41) is 0.712. The van der Waals surface area contributed by atoms with Crippen LogP contribution >= 0.6 is 27.5 Å². The van der Waals surface area contributed by atoms with Crippen molar-refractivity contribution in [1.29, 1.82) is 0 Å². The molecule has 0 bridgehead atoms. The molecule has 1 fully saturated rings. The maximum Gasteiger partial charge on any atom is 0.114 e. The van der Waals surface area contributed by atoms with Gasteiger partial charge < -0.3 is 0 Å². The van der Waals surface area contributed by atoms with Crippen molar-refractivity contribution < 1.29 is 4.39 Å². The predicted molar refractivity (Wildman–Crippen MR) is 63.9 cm³/mol. The van der Waals surface area contributed by atoms with Crippen molar-refractivity contribution in [2.75, 3.05) is 13.1 Å². The van der Waals surface area contributed by atoms with Crippen molar-refractivity contribution in [3.63, 3.8) is 0 Å². The Kier molecular flexibility index (Phi) is 3.65. The lowest BCUT2D eigenvalue weighted by Crippen LogP contribution is -2.20. The van der Waals surface area contributed by atoms with E-state index in [4.69, 9.17) is 11.6 Å². The summed E-state index contributed by atoms with van der Waals surface area (Å²) in [4.78, 5) is 2.11. The summed E-state index contributed by atoms with van der Waals surface area (Å²) in [7, 11) is 0. The molecule has 0 radical (unpaired) electrons. The van der Waals surface area contributed by atoms with E-state index in [-0.39, 0.29) is 0 Å². The second kappa shape index (κ2) is 4.81. The highest BCUT2D eigenvalue weighted by Crippen LogP contribution is 2.28. The average molecular weight is 293 g/mol. The van der Waals surface area contributed by atoms with Gasteiger partial charge in [0.25, 0.3) is 0 Å². The van der Waals surface area contributed by atoms with Crippen LogP contribution in [-0.2, 0) is 6.54 Å². The molecule has 1 aromatic carbocycles. The van der Waals surface area contributed by atoms with Gasteiger partial charge in [-0.3, -0.25) is 4.90 Å². The second-order valence-electron chi connectivity index (χ2n) is 3.83.